The van der Waals surface area contributed by atoms with Crippen LogP contribution in [0.2, 0.25) is 0 Å². The number of rotatable bonds is 1. The number of hydrogen-bond donors (Lipinski definition) is 4. The molecular formula is C4H10O5. The predicted octanol–water partition coefficient (Wildman–Crippen LogP) is -0.418. The van der Waals surface area contributed by atoms with Crippen molar-refractivity contribution in [2.24, 2.45) is 0 Å². The van der Waals surface area contributed by atoms with E-state index < -0.39 is 12.3 Å². The molecule has 0 heterocycles. The van der Waals surface area contributed by atoms with Gasteiger partial charge in [-0.25, -0.2) is 4.79 Å². The molecule has 4 N–H and O–H groups in total. The van der Waals surface area contributed by atoms with Gasteiger partial charge in [-0.2, -0.15) is 0 Å². The Morgan fingerprint density at radius 3 is 1.67 bits per heavy atom. The van der Waals surface area contributed by atoms with Gasteiger partial charge < -0.3 is 20.4 Å². The quantitative estimate of drug-likeness (QED) is 0.394. The lowest BCUT2D eigenvalue weighted by atomic mass is 10.5. The Morgan fingerprint density at radius 1 is 1.56 bits per heavy atom. The van der Waals surface area contributed by atoms with Gasteiger partial charge in [0.25, 0.3) is 0 Å². The summed E-state index contributed by atoms with van der Waals surface area (Å²) in [7, 11) is 0. The minimum Gasteiger partial charge on any atom is -0.450 e. The molecule has 0 saturated heterocycles. The number of aliphatic hydroxyl groups is 2. The Kier molecular flexibility index (Phi) is 8.83. The monoisotopic (exact) mass is 138 g/mol. The molecule has 1 atom stereocenters. The van der Waals surface area contributed by atoms with Crippen molar-refractivity contribution >= 4 is 6.16 Å². The number of carboxylic acid groups (broad SMARTS) is 2. The van der Waals surface area contributed by atoms with Crippen LogP contribution >= 0.6 is 0 Å². The SMILES string of the molecule is CC(O)CO.O=C(O)O. The van der Waals surface area contributed by atoms with E-state index in [1.807, 2.05) is 0 Å². The molecule has 0 aliphatic heterocycles. The first kappa shape index (κ1) is 11.0. The first-order valence-corrected chi connectivity index (χ1v) is 2.21. The summed E-state index contributed by atoms with van der Waals surface area (Å²) in [6.45, 7) is 1.39. The lowest BCUT2D eigenvalue weighted by Crippen LogP contribution is -2.03. The van der Waals surface area contributed by atoms with Gasteiger partial charge in [0.2, 0.25) is 0 Å². The van der Waals surface area contributed by atoms with Crippen molar-refractivity contribution in [1.82, 2.24) is 0 Å². The van der Waals surface area contributed by atoms with Gasteiger partial charge in [0.15, 0.2) is 0 Å². The van der Waals surface area contributed by atoms with Crippen molar-refractivity contribution in [2.45, 2.75) is 13.0 Å². The van der Waals surface area contributed by atoms with Crippen molar-refractivity contribution < 1.29 is 25.2 Å². The normalized spacial score (nSPS) is 11.0. The average Bonchev–Trinajstić information content (AvgIpc) is 1.65. The van der Waals surface area contributed by atoms with Crippen LogP contribution in [0, 0.1) is 0 Å². The Balaban J connectivity index is 0. The molecule has 0 aromatic rings. The van der Waals surface area contributed by atoms with Crippen molar-refractivity contribution in [3.8, 4) is 0 Å². The highest BCUT2D eigenvalue weighted by Crippen LogP contribution is 1.68. The summed E-state index contributed by atoms with van der Waals surface area (Å²) in [6, 6.07) is 0. The van der Waals surface area contributed by atoms with Gasteiger partial charge in [-0.15, -0.1) is 0 Å². The molecule has 56 valence electrons. The molecule has 0 spiro atoms. The van der Waals surface area contributed by atoms with Crippen LogP contribution in [0.1, 0.15) is 6.92 Å². The number of carbonyl (C=O) groups is 1. The maximum Gasteiger partial charge on any atom is 0.503 e. The summed E-state index contributed by atoms with van der Waals surface area (Å²) in [5.41, 5.74) is 0. The molecule has 0 aromatic carbocycles. The van der Waals surface area contributed by atoms with E-state index in [1.165, 1.54) is 6.92 Å². The van der Waals surface area contributed by atoms with Crippen molar-refractivity contribution in [3.05, 3.63) is 0 Å². The first-order valence-electron chi connectivity index (χ1n) is 2.21. The molecule has 0 fully saturated rings. The summed E-state index contributed by atoms with van der Waals surface area (Å²) < 4.78 is 0. The third kappa shape index (κ3) is 137. The van der Waals surface area contributed by atoms with Gasteiger partial charge in [0.1, 0.15) is 0 Å². The van der Waals surface area contributed by atoms with Gasteiger partial charge >= 0.3 is 6.16 Å². The van der Waals surface area contributed by atoms with Crippen molar-refractivity contribution in [1.29, 1.82) is 0 Å². The zero-order valence-electron chi connectivity index (χ0n) is 4.98. The van der Waals surface area contributed by atoms with Gasteiger partial charge in [-0.05, 0) is 6.92 Å². The van der Waals surface area contributed by atoms with E-state index in [9.17, 15) is 0 Å². The maximum atomic E-state index is 8.56. The summed E-state index contributed by atoms with van der Waals surface area (Å²) in [5, 5.41) is 29.9. The number of hydrogen-bond acceptors (Lipinski definition) is 3. The molecule has 0 bridgehead atoms. The second-order valence-electron chi connectivity index (χ2n) is 1.31. The van der Waals surface area contributed by atoms with Gasteiger partial charge in [-0.3, -0.25) is 0 Å². The highest BCUT2D eigenvalue weighted by molar-refractivity contribution is 5.53. The van der Waals surface area contributed by atoms with Crippen LogP contribution in [0.5, 0.6) is 0 Å². The third-order valence-corrected chi connectivity index (χ3v) is 0.264. The maximum absolute atomic E-state index is 8.56. The van der Waals surface area contributed by atoms with Gasteiger partial charge in [-0.1, -0.05) is 0 Å². The fraction of sp³-hybridized carbons (Fsp3) is 0.750. The van der Waals surface area contributed by atoms with Crippen LogP contribution < -0.4 is 0 Å². The van der Waals surface area contributed by atoms with Gasteiger partial charge in [0.05, 0.1) is 12.7 Å². The number of aliphatic hydroxyl groups excluding tert-OH is 2. The largest absolute Gasteiger partial charge is 0.503 e. The molecule has 0 saturated carbocycles. The zero-order valence-corrected chi connectivity index (χ0v) is 4.98. The molecule has 0 radical (unpaired) electrons. The molecule has 5 heteroatoms. The van der Waals surface area contributed by atoms with Crippen LogP contribution in [0.4, 0.5) is 4.79 Å². The van der Waals surface area contributed by atoms with Crippen LogP contribution in [0.15, 0.2) is 0 Å². The van der Waals surface area contributed by atoms with Crippen molar-refractivity contribution in [3.63, 3.8) is 0 Å². The Hall–Kier alpha value is -0.810. The summed E-state index contributed by atoms with van der Waals surface area (Å²) in [4.78, 5) is 8.56. The highest BCUT2D eigenvalue weighted by Gasteiger charge is 1.83. The van der Waals surface area contributed by atoms with Crippen LogP contribution in [-0.2, 0) is 0 Å². The van der Waals surface area contributed by atoms with Gasteiger partial charge in [0, 0.05) is 0 Å². The van der Waals surface area contributed by atoms with Crippen LogP contribution in [-0.4, -0.2) is 39.3 Å². The van der Waals surface area contributed by atoms with E-state index in [-0.39, 0.29) is 6.61 Å². The molecular weight excluding hydrogens is 128 g/mol. The molecule has 1 unspecified atom stereocenters. The van der Waals surface area contributed by atoms with E-state index in [1.54, 1.807) is 0 Å². The summed E-state index contributed by atoms with van der Waals surface area (Å²) in [5.74, 6) is 0. The topological polar surface area (TPSA) is 98.0 Å². The summed E-state index contributed by atoms with van der Waals surface area (Å²) >= 11 is 0. The fourth-order valence-electron chi connectivity index (χ4n) is 0. The highest BCUT2D eigenvalue weighted by atomic mass is 16.6. The zero-order chi connectivity index (χ0) is 7.86. The molecule has 0 rings (SSSR count). The molecule has 0 aliphatic carbocycles. The minimum atomic E-state index is -1.83. The standard InChI is InChI=1S/C3H8O2.CH2O3/c1-3(5)2-4;2-1(3)4/h3-5H,2H2,1H3;(H2,2,3,4). The first-order chi connectivity index (χ1) is 4.00. The van der Waals surface area contributed by atoms with Crippen LogP contribution in [0.25, 0.3) is 0 Å². The van der Waals surface area contributed by atoms with E-state index in [0.29, 0.717) is 0 Å². The molecule has 0 amide bonds. The second kappa shape index (κ2) is 7.19. The van der Waals surface area contributed by atoms with Crippen LogP contribution in [0.3, 0.4) is 0 Å². The predicted molar refractivity (Wildman–Crippen MR) is 29.4 cm³/mol. The minimum absolute atomic E-state index is 0.139. The van der Waals surface area contributed by atoms with E-state index in [2.05, 4.69) is 0 Å². The second-order valence-corrected chi connectivity index (χ2v) is 1.31. The summed E-state index contributed by atoms with van der Waals surface area (Å²) in [6.07, 6.45) is -2.39. The fourth-order valence-corrected chi connectivity index (χ4v) is 0. The van der Waals surface area contributed by atoms with E-state index in [4.69, 9.17) is 25.2 Å². The molecule has 0 aliphatic rings. The molecule has 9 heavy (non-hydrogen) atoms. The lowest BCUT2D eigenvalue weighted by Gasteiger charge is -1.90. The Labute approximate surface area is 52.2 Å². The molecule has 5 nitrogen and oxygen atoms in total. The Bertz CT molecular complexity index is 65.4. The average molecular weight is 138 g/mol. The van der Waals surface area contributed by atoms with E-state index >= 15 is 0 Å². The lowest BCUT2D eigenvalue weighted by molar-refractivity contribution is 0.110. The third-order valence-electron chi connectivity index (χ3n) is 0.264. The van der Waals surface area contributed by atoms with E-state index in [0.717, 1.165) is 0 Å². The molecule has 0 aromatic heterocycles. The smallest absolute Gasteiger partial charge is 0.450 e. The Morgan fingerprint density at radius 2 is 1.67 bits per heavy atom. The van der Waals surface area contributed by atoms with Crippen molar-refractivity contribution in [2.75, 3.05) is 6.61 Å².